The molecule has 0 spiro atoms. The molecule has 1 aliphatic heterocycles. The summed E-state index contributed by atoms with van der Waals surface area (Å²) in [6.45, 7) is 5.07. The van der Waals surface area contributed by atoms with E-state index in [0.29, 0.717) is 13.0 Å². The molecule has 5 heteroatoms. The van der Waals surface area contributed by atoms with Crippen LogP contribution >= 0.6 is 0 Å². The fraction of sp³-hybridized carbons (Fsp3) is 0.409. The minimum Gasteiger partial charge on any atom is -0.493 e. The molecule has 144 valence electrons. The Bertz CT molecular complexity index is 748. The van der Waals surface area contributed by atoms with Crippen LogP contribution in [0.5, 0.6) is 11.5 Å². The second kappa shape index (κ2) is 9.42. The molecule has 1 heterocycles. The molecule has 0 fully saturated rings. The Morgan fingerprint density at radius 2 is 2.04 bits per heavy atom. The molecule has 2 aromatic rings. The molecule has 1 atom stereocenters. The number of ether oxygens (including phenoxy) is 2. The Kier molecular flexibility index (Phi) is 6.71. The molecule has 0 aromatic heterocycles. The summed E-state index contributed by atoms with van der Waals surface area (Å²) in [6, 6.07) is 16.0. The molecule has 1 aliphatic rings. The lowest BCUT2D eigenvalue weighted by molar-refractivity contribution is -0.122. The highest BCUT2D eigenvalue weighted by Gasteiger charge is 2.18. The third-order valence-electron chi connectivity index (χ3n) is 4.87. The number of benzene rings is 2. The number of hydrogen-bond donors (Lipinski definition) is 1. The summed E-state index contributed by atoms with van der Waals surface area (Å²) in [7, 11) is 1.66. The Morgan fingerprint density at radius 1 is 1.22 bits per heavy atom. The zero-order chi connectivity index (χ0) is 19.1. The van der Waals surface area contributed by atoms with Crippen LogP contribution in [0, 0.1) is 0 Å². The Labute approximate surface area is 161 Å². The first kappa shape index (κ1) is 19.2. The summed E-state index contributed by atoms with van der Waals surface area (Å²) < 4.78 is 11.3. The summed E-state index contributed by atoms with van der Waals surface area (Å²) in [5.74, 6) is 1.67. The summed E-state index contributed by atoms with van der Waals surface area (Å²) >= 11 is 0. The van der Waals surface area contributed by atoms with Gasteiger partial charge in [0.2, 0.25) is 5.91 Å². The van der Waals surface area contributed by atoms with Gasteiger partial charge >= 0.3 is 0 Å². The van der Waals surface area contributed by atoms with E-state index < -0.39 is 0 Å². The molecule has 0 radical (unpaired) electrons. The number of para-hydroxylation sites is 1. The third kappa shape index (κ3) is 5.23. The van der Waals surface area contributed by atoms with E-state index >= 15 is 0 Å². The zero-order valence-electron chi connectivity index (χ0n) is 16.1. The number of nitrogens with one attached hydrogen (secondary N) is 1. The topological polar surface area (TPSA) is 50.8 Å². The largest absolute Gasteiger partial charge is 0.493 e. The minimum absolute atomic E-state index is 0.0180. The number of carbonyl (C=O) groups excluding carboxylic acids is 1. The van der Waals surface area contributed by atoms with Crippen LogP contribution in [-0.2, 0) is 11.3 Å². The highest BCUT2D eigenvalue weighted by Crippen LogP contribution is 2.33. The second-order valence-corrected chi connectivity index (χ2v) is 6.88. The van der Waals surface area contributed by atoms with Crippen LogP contribution in [0.3, 0.4) is 0 Å². The fourth-order valence-corrected chi connectivity index (χ4v) is 3.38. The van der Waals surface area contributed by atoms with Gasteiger partial charge in [0.1, 0.15) is 0 Å². The van der Waals surface area contributed by atoms with E-state index in [0.717, 1.165) is 48.7 Å². The maximum absolute atomic E-state index is 12.4. The number of hydrogen-bond acceptors (Lipinski definition) is 4. The molecule has 1 N–H and O–H groups in total. The van der Waals surface area contributed by atoms with Crippen molar-refractivity contribution >= 4 is 5.91 Å². The predicted octanol–water partition coefficient (Wildman–Crippen LogP) is 3.55. The van der Waals surface area contributed by atoms with E-state index in [9.17, 15) is 4.79 Å². The monoisotopic (exact) mass is 368 g/mol. The molecular weight excluding hydrogens is 340 g/mol. The maximum atomic E-state index is 12.4. The van der Waals surface area contributed by atoms with Gasteiger partial charge in [0.25, 0.3) is 0 Å². The smallest absolute Gasteiger partial charge is 0.221 e. The normalized spacial score (nSPS) is 15.6. The molecule has 0 saturated heterocycles. The second-order valence-electron chi connectivity index (χ2n) is 6.88. The van der Waals surface area contributed by atoms with Crippen LogP contribution in [0.2, 0.25) is 0 Å². The molecule has 0 unspecified atom stereocenters. The van der Waals surface area contributed by atoms with Crippen molar-refractivity contribution in [1.29, 1.82) is 0 Å². The van der Waals surface area contributed by atoms with Gasteiger partial charge in [0, 0.05) is 31.6 Å². The van der Waals surface area contributed by atoms with E-state index in [-0.39, 0.29) is 11.9 Å². The molecule has 27 heavy (non-hydrogen) atoms. The van der Waals surface area contributed by atoms with Gasteiger partial charge in [0.15, 0.2) is 11.5 Å². The Balaban J connectivity index is 1.56. The van der Waals surface area contributed by atoms with Gasteiger partial charge in [-0.25, -0.2) is 0 Å². The summed E-state index contributed by atoms with van der Waals surface area (Å²) in [6.07, 6.45) is 1.41. The highest BCUT2D eigenvalue weighted by atomic mass is 16.5. The lowest BCUT2D eigenvalue weighted by Crippen LogP contribution is -2.33. The van der Waals surface area contributed by atoms with Gasteiger partial charge in [-0.2, -0.15) is 0 Å². The fourth-order valence-electron chi connectivity index (χ4n) is 3.38. The van der Waals surface area contributed by atoms with Crippen molar-refractivity contribution in [2.24, 2.45) is 0 Å². The molecule has 1 amide bonds. The van der Waals surface area contributed by atoms with Gasteiger partial charge in [-0.3, -0.25) is 9.69 Å². The van der Waals surface area contributed by atoms with Gasteiger partial charge in [-0.1, -0.05) is 42.5 Å². The minimum atomic E-state index is 0.0180. The molecule has 0 bridgehead atoms. The van der Waals surface area contributed by atoms with Crippen molar-refractivity contribution in [1.82, 2.24) is 10.2 Å². The van der Waals surface area contributed by atoms with E-state index in [1.165, 1.54) is 0 Å². The van der Waals surface area contributed by atoms with Crippen LogP contribution < -0.4 is 14.8 Å². The average molecular weight is 368 g/mol. The lowest BCUT2D eigenvalue weighted by atomic mass is 10.1. The average Bonchev–Trinajstić information content (AvgIpc) is 2.67. The van der Waals surface area contributed by atoms with Crippen LogP contribution in [-0.4, -0.2) is 37.6 Å². The van der Waals surface area contributed by atoms with Gasteiger partial charge < -0.3 is 14.8 Å². The van der Waals surface area contributed by atoms with Gasteiger partial charge in [-0.05, 0) is 25.0 Å². The first-order valence-corrected chi connectivity index (χ1v) is 9.52. The van der Waals surface area contributed by atoms with Crippen molar-refractivity contribution in [2.45, 2.75) is 32.4 Å². The van der Waals surface area contributed by atoms with E-state index in [4.69, 9.17) is 9.47 Å². The SMILES string of the molecule is COc1cccc2c1OCCCN(CCC(=O)N[C@@H](C)c1ccccc1)C2. The van der Waals surface area contributed by atoms with Gasteiger partial charge in [0.05, 0.1) is 19.8 Å². The molecule has 0 saturated carbocycles. The Morgan fingerprint density at radius 3 is 2.81 bits per heavy atom. The molecular formula is C22H28N2O3. The number of methoxy groups -OCH3 is 1. The maximum Gasteiger partial charge on any atom is 0.221 e. The summed E-state index contributed by atoms with van der Waals surface area (Å²) in [4.78, 5) is 14.7. The van der Waals surface area contributed by atoms with Crippen molar-refractivity contribution in [3.8, 4) is 11.5 Å². The predicted molar refractivity (Wildman–Crippen MR) is 106 cm³/mol. The number of fused-ring (bicyclic) bond motifs is 1. The summed E-state index contributed by atoms with van der Waals surface area (Å²) in [5.41, 5.74) is 2.22. The number of amides is 1. The molecule has 0 aliphatic carbocycles. The summed E-state index contributed by atoms with van der Waals surface area (Å²) in [5, 5.41) is 3.09. The van der Waals surface area contributed by atoms with Crippen molar-refractivity contribution in [2.75, 3.05) is 26.8 Å². The number of carbonyl (C=O) groups is 1. The lowest BCUT2D eigenvalue weighted by Gasteiger charge is -2.27. The third-order valence-corrected chi connectivity index (χ3v) is 4.87. The van der Waals surface area contributed by atoms with Crippen molar-refractivity contribution in [3.05, 3.63) is 59.7 Å². The van der Waals surface area contributed by atoms with Gasteiger partial charge in [-0.15, -0.1) is 0 Å². The van der Waals surface area contributed by atoms with Crippen molar-refractivity contribution < 1.29 is 14.3 Å². The van der Waals surface area contributed by atoms with Crippen LogP contribution in [0.15, 0.2) is 48.5 Å². The molecule has 2 aromatic carbocycles. The Hall–Kier alpha value is -2.53. The standard InChI is InChI=1S/C22H28N2O3/c1-17(18-8-4-3-5-9-18)23-21(25)12-14-24-13-7-15-27-22-19(16-24)10-6-11-20(22)26-2/h3-6,8-11,17H,7,12-16H2,1-2H3,(H,23,25)/t17-/m0/s1. The molecule has 3 rings (SSSR count). The highest BCUT2D eigenvalue weighted by molar-refractivity contribution is 5.76. The van der Waals surface area contributed by atoms with Crippen LogP contribution in [0.1, 0.15) is 36.9 Å². The van der Waals surface area contributed by atoms with E-state index in [2.05, 4.69) is 16.3 Å². The van der Waals surface area contributed by atoms with Crippen molar-refractivity contribution in [3.63, 3.8) is 0 Å². The van der Waals surface area contributed by atoms with Crippen LogP contribution in [0.4, 0.5) is 0 Å². The van der Waals surface area contributed by atoms with Crippen LogP contribution in [0.25, 0.3) is 0 Å². The first-order chi connectivity index (χ1) is 13.2. The van der Waals surface area contributed by atoms with E-state index in [1.807, 2.05) is 49.4 Å². The van der Waals surface area contributed by atoms with E-state index in [1.54, 1.807) is 7.11 Å². The molecule has 5 nitrogen and oxygen atoms in total. The number of rotatable bonds is 6. The number of nitrogens with zero attached hydrogens (tertiary/aromatic N) is 1. The quantitative estimate of drug-likeness (QED) is 0.847. The zero-order valence-corrected chi connectivity index (χ0v) is 16.1. The first-order valence-electron chi connectivity index (χ1n) is 9.52.